The fraction of sp³-hybridized carbons (Fsp3) is 0.429. The van der Waals surface area contributed by atoms with Gasteiger partial charge in [0, 0.05) is 0 Å². The van der Waals surface area contributed by atoms with Crippen LogP contribution in [0.3, 0.4) is 0 Å². The Kier molecular flexibility index (Phi) is 5.71. The topological polar surface area (TPSA) is 75.6 Å². The van der Waals surface area contributed by atoms with Gasteiger partial charge >= 0.3 is 12.1 Å². The molecule has 0 saturated heterocycles. The van der Waals surface area contributed by atoms with Crippen LogP contribution in [0.15, 0.2) is 22.7 Å². The third kappa shape index (κ3) is 6.12. The van der Waals surface area contributed by atoms with Gasteiger partial charge in [0.15, 0.2) is 0 Å². The van der Waals surface area contributed by atoms with Crippen LogP contribution in [0.2, 0.25) is 0 Å². The molecule has 5 nitrogen and oxygen atoms in total. The third-order valence-corrected chi connectivity index (χ3v) is 3.02. The highest BCUT2D eigenvalue weighted by atomic mass is 79.9. The van der Waals surface area contributed by atoms with Gasteiger partial charge in [-0.1, -0.05) is 6.07 Å². The lowest BCUT2D eigenvalue weighted by molar-refractivity contribution is -0.137. The highest BCUT2D eigenvalue weighted by Crippen LogP contribution is 2.24. The van der Waals surface area contributed by atoms with Gasteiger partial charge in [0.2, 0.25) is 0 Å². The molecule has 1 atom stereocenters. The second-order valence-corrected chi connectivity index (χ2v) is 6.32. The van der Waals surface area contributed by atoms with E-state index in [1.54, 1.807) is 20.8 Å². The summed E-state index contributed by atoms with van der Waals surface area (Å²) in [6, 6.07) is 3.24. The van der Waals surface area contributed by atoms with Gasteiger partial charge in [-0.15, -0.1) is 0 Å². The van der Waals surface area contributed by atoms with Crippen LogP contribution in [0.1, 0.15) is 38.8 Å². The Hall–Kier alpha value is -1.63. The molecular formula is C14H17BrFNO4. The molecule has 116 valence electrons. The SMILES string of the molecule is CC(C)(C)OC(=O)N[C@@H](CC(=O)O)c1ccc(F)c(Br)c1. The maximum absolute atomic E-state index is 13.2. The lowest BCUT2D eigenvalue weighted by atomic mass is 10.0. The van der Waals surface area contributed by atoms with Crippen LogP contribution in [0.4, 0.5) is 9.18 Å². The molecule has 0 aliphatic rings. The number of carboxylic acid groups (broad SMARTS) is 1. The van der Waals surface area contributed by atoms with Gasteiger partial charge < -0.3 is 15.2 Å². The molecular weight excluding hydrogens is 345 g/mol. The third-order valence-electron chi connectivity index (χ3n) is 2.42. The van der Waals surface area contributed by atoms with Crippen LogP contribution in [0.5, 0.6) is 0 Å². The maximum atomic E-state index is 13.2. The molecule has 0 aromatic heterocycles. The number of halogens is 2. The quantitative estimate of drug-likeness (QED) is 0.858. The van der Waals surface area contributed by atoms with Gasteiger partial charge in [-0.2, -0.15) is 0 Å². The average Bonchev–Trinajstić information content (AvgIpc) is 2.28. The molecule has 0 heterocycles. The van der Waals surface area contributed by atoms with Crippen molar-refractivity contribution >= 4 is 28.0 Å². The number of carbonyl (C=O) groups excluding carboxylic acids is 1. The second kappa shape index (κ2) is 6.89. The molecule has 7 heteroatoms. The standard InChI is InChI=1S/C14H17BrFNO4/c1-14(2,3)21-13(20)17-11(7-12(18)19)8-4-5-10(16)9(15)6-8/h4-6,11H,7H2,1-3H3,(H,17,20)(H,18,19)/t11-/m0/s1. The number of carboxylic acids is 1. The molecule has 1 aromatic carbocycles. The number of amides is 1. The van der Waals surface area contributed by atoms with E-state index in [4.69, 9.17) is 9.84 Å². The Labute approximate surface area is 130 Å². The summed E-state index contributed by atoms with van der Waals surface area (Å²) in [5.74, 6) is -1.55. The summed E-state index contributed by atoms with van der Waals surface area (Å²) < 4.78 is 18.5. The Morgan fingerprint density at radius 2 is 2.05 bits per heavy atom. The summed E-state index contributed by atoms with van der Waals surface area (Å²) in [6.07, 6.45) is -1.06. The summed E-state index contributed by atoms with van der Waals surface area (Å²) in [5, 5.41) is 11.4. The number of rotatable bonds is 4. The predicted octanol–water partition coefficient (Wildman–Crippen LogP) is 3.63. The summed E-state index contributed by atoms with van der Waals surface area (Å²) in [6.45, 7) is 5.10. The van der Waals surface area contributed by atoms with Gasteiger partial charge in [-0.25, -0.2) is 9.18 Å². The molecule has 1 rings (SSSR count). The fourth-order valence-corrected chi connectivity index (χ4v) is 2.00. The summed E-state index contributed by atoms with van der Waals surface area (Å²) >= 11 is 3.03. The van der Waals surface area contributed by atoms with Crippen molar-refractivity contribution in [3.05, 3.63) is 34.1 Å². The summed E-state index contributed by atoms with van der Waals surface area (Å²) in [5.41, 5.74) is -0.224. The number of hydrogen-bond acceptors (Lipinski definition) is 3. The first-order chi connectivity index (χ1) is 9.58. The number of hydrogen-bond donors (Lipinski definition) is 2. The number of alkyl carbamates (subject to hydrolysis) is 1. The molecule has 0 bridgehead atoms. The Balaban J connectivity index is 2.92. The zero-order valence-electron chi connectivity index (χ0n) is 11.9. The first-order valence-corrected chi connectivity index (χ1v) is 7.04. The van der Waals surface area contributed by atoms with Crippen molar-refractivity contribution in [3.63, 3.8) is 0 Å². The van der Waals surface area contributed by atoms with Crippen molar-refractivity contribution in [1.29, 1.82) is 0 Å². The molecule has 0 radical (unpaired) electrons. The minimum Gasteiger partial charge on any atom is -0.481 e. The first kappa shape index (κ1) is 17.4. The monoisotopic (exact) mass is 361 g/mol. The lowest BCUT2D eigenvalue weighted by Gasteiger charge is -2.23. The molecule has 1 aromatic rings. The van der Waals surface area contributed by atoms with Crippen molar-refractivity contribution in [2.75, 3.05) is 0 Å². The number of aliphatic carboxylic acids is 1. The highest BCUT2D eigenvalue weighted by Gasteiger charge is 2.23. The van der Waals surface area contributed by atoms with Crippen LogP contribution in [0, 0.1) is 5.82 Å². The normalized spacial score (nSPS) is 12.6. The zero-order valence-corrected chi connectivity index (χ0v) is 13.5. The molecule has 2 N–H and O–H groups in total. The van der Waals surface area contributed by atoms with E-state index in [0.29, 0.717) is 5.56 Å². The van der Waals surface area contributed by atoms with Gasteiger partial charge in [0.05, 0.1) is 16.9 Å². The Morgan fingerprint density at radius 1 is 1.43 bits per heavy atom. The Morgan fingerprint density at radius 3 is 2.52 bits per heavy atom. The first-order valence-electron chi connectivity index (χ1n) is 6.25. The largest absolute Gasteiger partial charge is 0.481 e. The smallest absolute Gasteiger partial charge is 0.408 e. The highest BCUT2D eigenvalue weighted by molar-refractivity contribution is 9.10. The van der Waals surface area contributed by atoms with Gasteiger partial charge in [-0.05, 0) is 54.4 Å². The van der Waals surface area contributed by atoms with Crippen LogP contribution >= 0.6 is 15.9 Å². The second-order valence-electron chi connectivity index (χ2n) is 5.47. The van der Waals surface area contributed by atoms with E-state index in [1.807, 2.05) is 0 Å². The summed E-state index contributed by atoms with van der Waals surface area (Å²) in [7, 11) is 0. The van der Waals surface area contributed by atoms with Crippen LogP contribution in [0.25, 0.3) is 0 Å². The summed E-state index contributed by atoms with van der Waals surface area (Å²) in [4.78, 5) is 22.7. The van der Waals surface area contributed by atoms with E-state index in [9.17, 15) is 14.0 Å². The van der Waals surface area contributed by atoms with Gasteiger partial charge in [0.25, 0.3) is 0 Å². The van der Waals surface area contributed by atoms with E-state index >= 15 is 0 Å². The molecule has 0 aliphatic heterocycles. The molecule has 1 amide bonds. The minimum absolute atomic E-state index is 0.196. The zero-order chi connectivity index (χ0) is 16.2. The molecule has 0 fully saturated rings. The molecule has 0 unspecified atom stereocenters. The van der Waals surface area contributed by atoms with Crippen molar-refractivity contribution in [2.45, 2.75) is 38.8 Å². The van der Waals surface area contributed by atoms with Crippen LogP contribution < -0.4 is 5.32 Å². The molecule has 21 heavy (non-hydrogen) atoms. The maximum Gasteiger partial charge on any atom is 0.408 e. The number of ether oxygens (including phenoxy) is 1. The molecule has 0 aliphatic carbocycles. The number of nitrogens with one attached hydrogen (secondary N) is 1. The average molecular weight is 362 g/mol. The molecule has 0 saturated carbocycles. The van der Waals surface area contributed by atoms with E-state index in [1.165, 1.54) is 18.2 Å². The van der Waals surface area contributed by atoms with E-state index < -0.39 is 29.5 Å². The van der Waals surface area contributed by atoms with Crippen molar-refractivity contribution in [1.82, 2.24) is 5.32 Å². The fourth-order valence-electron chi connectivity index (χ4n) is 1.61. The van der Waals surface area contributed by atoms with Crippen molar-refractivity contribution in [3.8, 4) is 0 Å². The van der Waals surface area contributed by atoms with E-state index in [0.717, 1.165) is 0 Å². The number of benzene rings is 1. The van der Waals surface area contributed by atoms with Crippen LogP contribution in [-0.2, 0) is 9.53 Å². The van der Waals surface area contributed by atoms with Crippen LogP contribution in [-0.4, -0.2) is 22.8 Å². The van der Waals surface area contributed by atoms with Crippen molar-refractivity contribution < 1.29 is 23.8 Å². The van der Waals surface area contributed by atoms with Gasteiger partial charge in [0.1, 0.15) is 11.4 Å². The van der Waals surface area contributed by atoms with Crippen molar-refractivity contribution in [2.24, 2.45) is 0 Å². The van der Waals surface area contributed by atoms with Gasteiger partial charge in [-0.3, -0.25) is 4.79 Å². The molecule has 0 spiro atoms. The minimum atomic E-state index is -1.09. The van der Waals surface area contributed by atoms with E-state index in [2.05, 4.69) is 21.2 Å². The Bertz CT molecular complexity index is 542. The van der Waals surface area contributed by atoms with E-state index in [-0.39, 0.29) is 10.9 Å². The predicted molar refractivity (Wildman–Crippen MR) is 78.5 cm³/mol. The lowest BCUT2D eigenvalue weighted by Crippen LogP contribution is -2.35. The number of carbonyl (C=O) groups is 2.